The Kier molecular flexibility index (Phi) is 5.18. The lowest BCUT2D eigenvalue weighted by Gasteiger charge is -2.17. The molecule has 0 aliphatic rings. The van der Waals surface area contributed by atoms with Gasteiger partial charge in [0, 0.05) is 30.4 Å². The van der Waals surface area contributed by atoms with E-state index in [0.717, 1.165) is 5.39 Å². The lowest BCUT2D eigenvalue weighted by Crippen LogP contribution is -2.28. The fourth-order valence-electron chi connectivity index (χ4n) is 2.58. The Morgan fingerprint density at radius 3 is 2.52 bits per heavy atom. The zero-order valence-electron chi connectivity index (χ0n) is 14.6. The van der Waals surface area contributed by atoms with E-state index in [0.29, 0.717) is 17.0 Å². The Labute approximate surface area is 157 Å². The lowest BCUT2D eigenvalue weighted by atomic mass is 10.2. The molecule has 1 aromatic carbocycles. The number of hydrogen-bond acceptors (Lipinski definition) is 6. The van der Waals surface area contributed by atoms with Crippen LogP contribution in [0.3, 0.4) is 0 Å². The second kappa shape index (κ2) is 7.55. The number of fused-ring (bicyclic) bond motifs is 1. The van der Waals surface area contributed by atoms with Gasteiger partial charge >= 0.3 is 0 Å². The highest BCUT2D eigenvalue weighted by molar-refractivity contribution is 7.92. The normalized spacial score (nSPS) is 12.3. The molecule has 8 heteroatoms. The third-order valence-electron chi connectivity index (χ3n) is 3.85. The number of hydrogen-bond donors (Lipinski definition) is 2. The van der Waals surface area contributed by atoms with Crippen LogP contribution in [-0.2, 0) is 14.6 Å². The molecule has 1 atom stereocenters. The van der Waals surface area contributed by atoms with Crippen LogP contribution in [0.15, 0.2) is 72.4 Å². The van der Waals surface area contributed by atoms with Crippen molar-refractivity contribution < 1.29 is 13.2 Å². The van der Waals surface area contributed by atoms with E-state index in [1.807, 2.05) is 6.07 Å². The molecule has 2 heterocycles. The van der Waals surface area contributed by atoms with Crippen LogP contribution in [0.2, 0.25) is 0 Å². The van der Waals surface area contributed by atoms with Crippen molar-refractivity contribution >= 4 is 38.2 Å². The SMILES string of the molecule is C=CC(Nc1nccc2cccnc12)S(=O)(=O)c1ccc(NC(C)=O)cc1. The zero-order chi connectivity index (χ0) is 19.4. The summed E-state index contributed by atoms with van der Waals surface area (Å²) in [6.07, 6.45) is 4.51. The highest BCUT2D eigenvalue weighted by atomic mass is 32.2. The molecular weight excluding hydrogens is 364 g/mol. The van der Waals surface area contributed by atoms with E-state index in [1.165, 1.54) is 37.3 Å². The minimum atomic E-state index is -3.77. The molecule has 0 saturated carbocycles. The van der Waals surface area contributed by atoms with Gasteiger partial charge in [0.25, 0.3) is 0 Å². The first-order valence-electron chi connectivity index (χ1n) is 8.12. The van der Waals surface area contributed by atoms with Gasteiger partial charge in [0.2, 0.25) is 15.7 Å². The van der Waals surface area contributed by atoms with Crippen molar-refractivity contribution in [3.05, 3.63) is 67.5 Å². The number of benzene rings is 1. The Balaban J connectivity index is 1.92. The van der Waals surface area contributed by atoms with Crippen molar-refractivity contribution in [1.29, 1.82) is 0 Å². The van der Waals surface area contributed by atoms with Gasteiger partial charge in [-0.05, 0) is 36.4 Å². The number of carbonyl (C=O) groups excluding carboxylic acids is 1. The van der Waals surface area contributed by atoms with Crippen molar-refractivity contribution in [2.75, 3.05) is 10.6 Å². The topological polar surface area (TPSA) is 101 Å². The molecule has 0 aliphatic heterocycles. The molecule has 3 rings (SSSR count). The molecule has 7 nitrogen and oxygen atoms in total. The average molecular weight is 382 g/mol. The zero-order valence-corrected chi connectivity index (χ0v) is 15.4. The summed E-state index contributed by atoms with van der Waals surface area (Å²) in [5.41, 5.74) is 1.09. The molecule has 27 heavy (non-hydrogen) atoms. The molecule has 0 saturated heterocycles. The van der Waals surface area contributed by atoms with E-state index in [9.17, 15) is 13.2 Å². The molecule has 2 N–H and O–H groups in total. The second-order valence-electron chi connectivity index (χ2n) is 5.79. The Bertz CT molecular complexity index is 1090. The number of rotatable bonds is 6. The Hall–Kier alpha value is -3.26. The molecule has 0 spiro atoms. The number of aromatic nitrogens is 2. The molecule has 0 aliphatic carbocycles. The summed E-state index contributed by atoms with van der Waals surface area (Å²) in [4.78, 5) is 19.7. The highest BCUT2D eigenvalue weighted by Crippen LogP contribution is 2.24. The van der Waals surface area contributed by atoms with Crippen LogP contribution < -0.4 is 10.6 Å². The summed E-state index contributed by atoms with van der Waals surface area (Å²) in [6.45, 7) is 5.02. The lowest BCUT2D eigenvalue weighted by molar-refractivity contribution is -0.114. The van der Waals surface area contributed by atoms with Crippen molar-refractivity contribution in [1.82, 2.24) is 9.97 Å². The summed E-state index contributed by atoms with van der Waals surface area (Å²) in [6, 6.07) is 11.4. The Morgan fingerprint density at radius 2 is 1.85 bits per heavy atom. The van der Waals surface area contributed by atoms with Gasteiger partial charge in [-0.1, -0.05) is 18.7 Å². The minimum Gasteiger partial charge on any atom is -0.349 e. The number of amides is 1. The van der Waals surface area contributed by atoms with E-state index < -0.39 is 15.2 Å². The van der Waals surface area contributed by atoms with Crippen molar-refractivity contribution in [3.63, 3.8) is 0 Å². The smallest absolute Gasteiger partial charge is 0.221 e. The fourth-order valence-corrected chi connectivity index (χ4v) is 3.91. The summed E-state index contributed by atoms with van der Waals surface area (Å²) >= 11 is 0. The first-order valence-corrected chi connectivity index (χ1v) is 9.67. The molecule has 1 amide bonds. The molecule has 138 valence electrons. The number of carbonyl (C=O) groups is 1. The maximum atomic E-state index is 13.0. The van der Waals surface area contributed by atoms with Crippen LogP contribution in [0.5, 0.6) is 0 Å². The van der Waals surface area contributed by atoms with Crippen LogP contribution in [0, 0.1) is 0 Å². The van der Waals surface area contributed by atoms with E-state index in [1.54, 1.807) is 24.5 Å². The molecule has 1 unspecified atom stereocenters. The van der Waals surface area contributed by atoms with Crippen molar-refractivity contribution in [2.45, 2.75) is 17.2 Å². The van der Waals surface area contributed by atoms with E-state index in [2.05, 4.69) is 27.2 Å². The molecule has 0 radical (unpaired) electrons. The van der Waals surface area contributed by atoms with E-state index in [4.69, 9.17) is 0 Å². The van der Waals surface area contributed by atoms with Crippen LogP contribution in [0.1, 0.15) is 6.92 Å². The van der Waals surface area contributed by atoms with Crippen molar-refractivity contribution in [3.8, 4) is 0 Å². The van der Waals surface area contributed by atoms with Crippen LogP contribution >= 0.6 is 0 Å². The van der Waals surface area contributed by atoms with Crippen molar-refractivity contribution in [2.24, 2.45) is 0 Å². The predicted molar refractivity (Wildman–Crippen MR) is 105 cm³/mol. The third-order valence-corrected chi connectivity index (χ3v) is 5.76. The van der Waals surface area contributed by atoms with Crippen LogP contribution in [0.4, 0.5) is 11.5 Å². The van der Waals surface area contributed by atoms with Crippen LogP contribution in [0.25, 0.3) is 10.9 Å². The quantitative estimate of drug-likeness (QED) is 0.636. The van der Waals surface area contributed by atoms with Gasteiger partial charge in [-0.25, -0.2) is 13.4 Å². The number of nitrogens with zero attached hydrogens (tertiary/aromatic N) is 2. The highest BCUT2D eigenvalue weighted by Gasteiger charge is 2.26. The number of anilines is 2. The average Bonchev–Trinajstić information content (AvgIpc) is 2.66. The first-order chi connectivity index (χ1) is 12.9. The third kappa shape index (κ3) is 3.95. The van der Waals surface area contributed by atoms with Gasteiger partial charge in [0.15, 0.2) is 11.2 Å². The largest absolute Gasteiger partial charge is 0.349 e. The van der Waals surface area contributed by atoms with Gasteiger partial charge in [-0.15, -0.1) is 0 Å². The molecule has 2 aromatic heterocycles. The minimum absolute atomic E-state index is 0.0993. The van der Waals surface area contributed by atoms with Gasteiger partial charge in [-0.3, -0.25) is 9.78 Å². The summed E-state index contributed by atoms with van der Waals surface area (Å²) in [5, 5.41) is 5.26. The maximum Gasteiger partial charge on any atom is 0.221 e. The van der Waals surface area contributed by atoms with Gasteiger partial charge in [0.1, 0.15) is 5.52 Å². The monoisotopic (exact) mass is 382 g/mol. The van der Waals surface area contributed by atoms with Gasteiger partial charge in [-0.2, -0.15) is 0 Å². The Morgan fingerprint density at radius 1 is 1.11 bits per heavy atom. The number of sulfone groups is 1. The van der Waals surface area contributed by atoms with E-state index >= 15 is 0 Å². The molecule has 0 bridgehead atoms. The van der Waals surface area contributed by atoms with Gasteiger partial charge in [0.05, 0.1) is 4.90 Å². The number of pyridine rings is 2. The molecule has 0 fully saturated rings. The van der Waals surface area contributed by atoms with Crippen LogP contribution in [-0.4, -0.2) is 29.7 Å². The molecular formula is C19H18N4O3S. The number of nitrogens with one attached hydrogen (secondary N) is 2. The van der Waals surface area contributed by atoms with Gasteiger partial charge < -0.3 is 10.6 Å². The van der Waals surface area contributed by atoms with E-state index in [-0.39, 0.29) is 10.8 Å². The standard InChI is InChI=1S/C19H18N4O3S/c1-3-17(23-19-18-14(10-12-21-19)5-4-11-20-18)27(25,26)16-8-6-15(7-9-16)22-13(2)24/h3-12,17H,1H2,2H3,(H,21,23)(H,22,24). The fraction of sp³-hybridized carbons (Fsp3) is 0.105. The predicted octanol–water partition coefficient (Wildman–Crippen LogP) is 2.99. The summed E-state index contributed by atoms with van der Waals surface area (Å²) < 4.78 is 25.9. The molecule has 3 aromatic rings. The second-order valence-corrected chi connectivity index (χ2v) is 7.86. The summed E-state index contributed by atoms with van der Waals surface area (Å²) in [7, 11) is -3.77. The first kappa shape index (κ1) is 18.5. The maximum absolute atomic E-state index is 13.0. The summed E-state index contributed by atoms with van der Waals surface area (Å²) in [5.74, 6) is 0.127.